The summed E-state index contributed by atoms with van der Waals surface area (Å²) in [5.41, 5.74) is 6.95. The summed E-state index contributed by atoms with van der Waals surface area (Å²) in [7, 11) is 0. The van der Waals surface area contributed by atoms with Crippen molar-refractivity contribution in [3.63, 3.8) is 0 Å². The third-order valence-corrected chi connectivity index (χ3v) is 3.72. The Bertz CT molecular complexity index is 408. The molecule has 0 aromatic carbocycles. The van der Waals surface area contributed by atoms with Crippen LogP contribution in [0, 0.1) is 0 Å². The Kier molecular flexibility index (Phi) is 5.43. The highest BCUT2D eigenvalue weighted by molar-refractivity contribution is 6.30. The summed E-state index contributed by atoms with van der Waals surface area (Å²) < 4.78 is 5.81. The van der Waals surface area contributed by atoms with E-state index in [0.29, 0.717) is 16.9 Å². The summed E-state index contributed by atoms with van der Waals surface area (Å²) >= 11 is 6.03. The van der Waals surface area contributed by atoms with Gasteiger partial charge in [0.15, 0.2) is 0 Å². The van der Waals surface area contributed by atoms with E-state index in [9.17, 15) is 0 Å². The van der Waals surface area contributed by atoms with E-state index in [1.165, 1.54) is 12.8 Å². The van der Waals surface area contributed by atoms with Gasteiger partial charge in [-0.15, -0.1) is 0 Å². The molecule has 0 amide bonds. The minimum atomic E-state index is 0.152. The molecule has 0 radical (unpaired) electrons. The van der Waals surface area contributed by atoms with Crippen LogP contribution in [0.25, 0.3) is 0 Å². The molecule has 1 saturated heterocycles. The van der Waals surface area contributed by atoms with Gasteiger partial charge in [-0.1, -0.05) is 18.5 Å². The van der Waals surface area contributed by atoms with Crippen LogP contribution in [-0.2, 0) is 4.74 Å². The smallest absolute Gasteiger partial charge is 0.128 e. The van der Waals surface area contributed by atoms with Crippen LogP contribution in [0.2, 0.25) is 5.02 Å². The maximum Gasteiger partial charge on any atom is 0.128 e. The summed E-state index contributed by atoms with van der Waals surface area (Å²) in [5, 5.41) is 4.08. The van der Waals surface area contributed by atoms with Crippen molar-refractivity contribution in [2.24, 2.45) is 0 Å². The van der Waals surface area contributed by atoms with Gasteiger partial charge in [0, 0.05) is 24.4 Å². The van der Waals surface area contributed by atoms with Crippen molar-refractivity contribution in [1.29, 1.82) is 0 Å². The molecule has 0 bridgehead atoms. The Labute approximate surface area is 119 Å². The lowest BCUT2D eigenvalue weighted by Crippen LogP contribution is -2.29. The zero-order chi connectivity index (χ0) is 13.7. The van der Waals surface area contributed by atoms with Gasteiger partial charge in [-0.3, -0.25) is 0 Å². The molecule has 4 nitrogen and oxygen atoms in total. The average molecular weight is 284 g/mol. The Morgan fingerprint density at radius 1 is 1.58 bits per heavy atom. The maximum atomic E-state index is 6.03. The van der Waals surface area contributed by atoms with Crippen LogP contribution in [0.1, 0.15) is 44.2 Å². The molecule has 5 heteroatoms. The molecule has 2 rings (SSSR count). The van der Waals surface area contributed by atoms with Gasteiger partial charge < -0.3 is 15.8 Å². The lowest BCUT2D eigenvalue weighted by molar-refractivity contribution is 0.00517. The fourth-order valence-electron chi connectivity index (χ4n) is 2.57. The minimum absolute atomic E-state index is 0.152. The van der Waals surface area contributed by atoms with Crippen molar-refractivity contribution in [1.82, 2.24) is 10.3 Å². The first-order valence-electron chi connectivity index (χ1n) is 6.96. The van der Waals surface area contributed by atoms with Crippen LogP contribution < -0.4 is 11.1 Å². The molecule has 1 aliphatic rings. The Hall–Kier alpha value is -0.840. The van der Waals surface area contributed by atoms with Crippen LogP contribution in [0.15, 0.2) is 12.3 Å². The highest BCUT2D eigenvalue weighted by Gasteiger charge is 2.22. The molecular weight excluding hydrogens is 262 g/mol. The molecular formula is C14H22ClN3O. The number of aromatic nitrogens is 1. The molecule has 1 fully saturated rings. The van der Waals surface area contributed by atoms with Crippen molar-refractivity contribution in [2.75, 3.05) is 18.9 Å². The topological polar surface area (TPSA) is 60.2 Å². The molecule has 3 N–H and O–H groups in total. The zero-order valence-electron chi connectivity index (χ0n) is 11.4. The molecule has 2 heterocycles. The number of nitrogen functional groups attached to an aromatic ring is 1. The van der Waals surface area contributed by atoms with E-state index in [0.717, 1.165) is 31.6 Å². The Morgan fingerprint density at radius 2 is 2.42 bits per heavy atom. The largest absolute Gasteiger partial charge is 0.383 e. The number of nitrogens with zero attached hydrogens (tertiary/aromatic N) is 1. The van der Waals surface area contributed by atoms with Gasteiger partial charge in [-0.05, 0) is 38.3 Å². The van der Waals surface area contributed by atoms with Crippen LogP contribution in [-0.4, -0.2) is 24.2 Å². The predicted molar refractivity (Wildman–Crippen MR) is 78.3 cm³/mol. The number of hydrogen-bond acceptors (Lipinski definition) is 4. The number of anilines is 1. The van der Waals surface area contributed by atoms with Crippen LogP contribution in [0.5, 0.6) is 0 Å². The van der Waals surface area contributed by atoms with Gasteiger partial charge in [0.2, 0.25) is 0 Å². The fraction of sp³-hybridized carbons (Fsp3) is 0.643. The molecule has 1 aromatic rings. The van der Waals surface area contributed by atoms with E-state index in [1.807, 2.05) is 6.07 Å². The molecule has 106 valence electrons. The minimum Gasteiger partial charge on any atom is -0.383 e. The van der Waals surface area contributed by atoms with Crippen molar-refractivity contribution in [2.45, 2.75) is 44.8 Å². The van der Waals surface area contributed by atoms with Crippen LogP contribution >= 0.6 is 11.6 Å². The monoisotopic (exact) mass is 283 g/mol. The summed E-state index contributed by atoms with van der Waals surface area (Å²) in [6.45, 7) is 3.83. The molecule has 0 saturated carbocycles. The molecule has 2 atom stereocenters. The number of nitrogens with one attached hydrogen (secondary N) is 1. The molecule has 19 heavy (non-hydrogen) atoms. The Morgan fingerprint density at radius 3 is 3.11 bits per heavy atom. The Balaban J connectivity index is 2.11. The normalized spacial score (nSPS) is 21.3. The van der Waals surface area contributed by atoms with E-state index in [2.05, 4.69) is 17.2 Å². The quantitative estimate of drug-likeness (QED) is 0.872. The second kappa shape index (κ2) is 7.08. The van der Waals surface area contributed by atoms with E-state index < -0.39 is 0 Å². The van der Waals surface area contributed by atoms with Crippen molar-refractivity contribution in [3.05, 3.63) is 22.8 Å². The first-order chi connectivity index (χ1) is 9.20. The van der Waals surface area contributed by atoms with Gasteiger partial charge in [-0.2, -0.15) is 0 Å². The molecule has 1 aromatic heterocycles. The number of ether oxygens (including phenoxy) is 1. The van der Waals surface area contributed by atoms with E-state index in [-0.39, 0.29) is 6.04 Å². The number of halogens is 1. The van der Waals surface area contributed by atoms with Crippen LogP contribution in [0.3, 0.4) is 0 Å². The first kappa shape index (κ1) is 14.6. The third kappa shape index (κ3) is 4.06. The van der Waals surface area contributed by atoms with Crippen LogP contribution in [0.4, 0.5) is 5.82 Å². The van der Waals surface area contributed by atoms with Gasteiger partial charge in [0.1, 0.15) is 5.82 Å². The van der Waals surface area contributed by atoms with E-state index in [1.54, 1.807) is 6.20 Å². The maximum absolute atomic E-state index is 6.03. The molecule has 0 spiro atoms. The van der Waals surface area contributed by atoms with Gasteiger partial charge in [0.05, 0.1) is 11.1 Å². The number of rotatable bonds is 5. The molecule has 1 aliphatic heterocycles. The van der Waals surface area contributed by atoms with E-state index in [4.69, 9.17) is 22.1 Å². The lowest BCUT2D eigenvalue weighted by Gasteiger charge is -2.28. The fourth-order valence-corrected chi connectivity index (χ4v) is 2.73. The summed E-state index contributed by atoms with van der Waals surface area (Å²) in [4.78, 5) is 4.14. The first-order valence-corrected chi connectivity index (χ1v) is 7.34. The van der Waals surface area contributed by atoms with E-state index >= 15 is 0 Å². The predicted octanol–water partition coefficient (Wildman–Crippen LogP) is 2.93. The van der Waals surface area contributed by atoms with Crippen molar-refractivity contribution >= 4 is 17.4 Å². The number of nitrogens with two attached hydrogens (primary N) is 1. The standard InChI is InChI=1S/C14H22ClN3O/c1-2-17-13(8-11-5-3-4-6-19-11)12-7-10(15)9-18-14(12)16/h7,9,11,13,17H,2-6,8H2,1H3,(H2,16,18). The van der Waals surface area contributed by atoms with Crippen molar-refractivity contribution < 1.29 is 4.74 Å². The molecule has 0 aliphatic carbocycles. The lowest BCUT2D eigenvalue weighted by atomic mass is 9.97. The summed E-state index contributed by atoms with van der Waals surface area (Å²) in [5.74, 6) is 0.547. The molecule has 2 unspecified atom stereocenters. The zero-order valence-corrected chi connectivity index (χ0v) is 12.1. The number of pyridine rings is 1. The van der Waals surface area contributed by atoms with Crippen molar-refractivity contribution in [3.8, 4) is 0 Å². The second-order valence-corrected chi connectivity index (χ2v) is 5.40. The highest BCUT2D eigenvalue weighted by Crippen LogP contribution is 2.28. The number of hydrogen-bond donors (Lipinski definition) is 2. The SMILES string of the molecule is CCNC(CC1CCCCO1)c1cc(Cl)cnc1N. The average Bonchev–Trinajstić information content (AvgIpc) is 2.42. The summed E-state index contributed by atoms with van der Waals surface area (Å²) in [6.07, 6.45) is 6.34. The van der Waals surface area contributed by atoms with Gasteiger partial charge in [0.25, 0.3) is 0 Å². The third-order valence-electron chi connectivity index (χ3n) is 3.51. The highest BCUT2D eigenvalue weighted by atomic mass is 35.5. The van der Waals surface area contributed by atoms with Gasteiger partial charge >= 0.3 is 0 Å². The van der Waals surface area contributed by atoms with Gasteiger partial charge in [-0.25, -0.2) is 4.98 Å². The second-order valence-electron chi connectivity index (χ2n) is 4.96. The summed E-state index contributed by atoms with van der Waals surface area (Å²) in [6, 6.07) is 2.05.